The van der Waals surface area contributed by atoms with Crippen molar-refractivity contribution in [2.75, 3.05) is 12.8 Å². The molecule has 1 aromatic heterocycles. The molecule has 2 rings (SSSR count). The zero-order chi connectivity index (χ0) is 16.2. The minimum atomic E-state index is -3.47. The number of nitrogens with zero attached hydrogens (tertiary/aromatic N) is 2. The van der Waals surface area contributed by atoms with Crippen LogP contribution < -0.4 is 5.32 Å². The van der Waals surface area contributed by atoms with E-state index in [1.54, 1.807) is 0 Å². The van der Waals surface area contributed by atoms with Crippen molar-refractivity contribution in [1.29, 1.82) is 0 Å². The minimum absolute atomic E-state index is 0.0217. The number of carbonyl (C=O) groups is 1. The summed E-state index contributed by atoms with van der Waals surface area (Å²) in [6, 6.07) is 7.50. The lowest BCUT2D eigenvalue weighted by atomic mass is 10.1. The Balaban J connectivity index is 2.07. The van der Waals surface area contributed by atoms with Gasteiger partial charge in [0.2, 0.25) is 17.6 Å². The molecule has 0 unspecified atom stereocenters. The van der Waals surface area contributed by atoms with Gasteiger partial charge in [0, 0.05) is 19.0 Å². The molecule has 0 aliphatic rings. The fourth-order valence-electron chi connectivity index (χ4n) is 1.85. The van der Waals surface area contributed by atoms with Crippen molar-refractivity contribution in [3.63, 3.8) is 0 Å². The van der Waals surface area contributed by atoms with E-state index in [2.05, 4.69) is 15.5 Å². The van der Waals surface area contributed by atoms with Crippen molar-refractivity contribution in [2.45, 2.75) is 19.1 Å². The Bertz CT molecular complexity index is 768. The van der Waals surface area contributed by atoms with Crippen LogP contribution in [0.1, 0.15) is 17.9 Å². The quantitative estimate of drug-likeness (QED) is 0.854. The predicted molar refractivity (Wildman–Crippen MR) is 80.6 cm³/mol. The molecule has 7 nitrogen and oxygen atoms in total. The summed E-state index contributed by atoms with van der Waals surface area (Å²) in [6.45, 7) is 1.94. The van der Waals surface area contributed by atoms with Crippen LogP contribution in [0.25, 0.3) is 11.4 Å². The van der Waals surface area contributed by atoms with E-state index in [1.165, 1.54) is 7.05 Å². The van der Waals surface area contributed by atoms with Gasteiger partial charge in [0.05, 0.1) is 5.75 Å². The molecule has 118 valence electrons. The number of aromatic nitrogens is 2. The van der Waals surface area contributed by atoms with Crippen LogP contribution in [0.4, 0.5) is 0 Å². The summed E-state index contributed by atoms with van der Waals surface area (Å²) >= 11 is 0. The zero-order valence-electron chi connectivity index (χ0n) is 12.4. The lowest BCUT2D eigenvalue weighted by Gasteiger charge is -2.00. The first-order valence-corrected chi connectivity index (χ1v) is 8.52. The molecule has 2 aromatic rings. The monoisotopic (exact) mass is 323 g/mol. The number of hydrogen-bond donors (Lipinski definition) is 1. The predicted octanol–water partition coefficient (Wildman–Crippen LogP) is 1.10. The molecule has 1 N–H and O–H groups in total. The van der Waals surface area contributed by atoms with Gasteiger partial charge in [-0.3, -0.25) is 4.79 Å². The van der Waals surface area contributed by atoms with Gasteiger partial charge in [0.1, 0.15) is 5.75 Å². The molecule has 0 aliphatic carbocycles. The lowest BCUT2D eigenvalue weighted by Crippen LogP contribution is -2.22. The molecule has 1 amide bonds. The number of hydrogen-bond acceptors (Lipinski definition) is 6. The third-order valence-corrected chi connectivity index (χ3v) is 4.52. The molecule has 0 aliphatic heterocycles. The molecule has 1 aromatic carbocycles. The van der Waals surface area contributed by atoms with Crippen molar-refractivity contribution in [1.82, 2.24) is 15.5 Å². The van der Waals surface area contributed by atoms with Gasteiger partial charge in [0.25, 0.3) is 0 Å². The third kappa shape index (κ3) is 4.39. The summed E-state index contributed by atoms with van der Waals surface area (Å²) in [6.07, 6.45) is -0.0856. The number of sulfone groups is 1. The Hall–Kier alpha value is -2.22. The van der Waals surface area contributed by atoms with Crippen LogP contribution >= 0.6 is 0 Å². The molecule has 0 bridgehead atoms. The normalized spacial score (nSPS) is 11.4. The van der Waals surface area contributed by atoms with Crippen LogP contribution in [0.5, 0.6) is 0 Å². The number of carbonyl (C=O) groups excluding carboxylic acids is 1. The molecule has 22 heavy (non-hydrogen) atoms. The standard InChI is InChI=1S/C14H17N3O4S/c1-10-4-3-5-11(8-10)14-16-13(21-17-14)9-22(19,20)7-6-12(18)15-2/h3-5,8H,6-7,9H2,1-2H3,(H,15,18). The van der Waals surface area contributed by atoms with Crippen molar-refractivity contribution in [2.24, 2.45) is 0 Å². The highest BCUT2D eigenvalue weighted by molar-refractivity contribution is 7.90. The summed E-state index contributed by atoms with van der Waals surface area (Å²) < 4.78 is 28.8. The van der Waals surface area contributed by atoms with Gasteiger partial charge in [0.15, 0.2) is 9.84 Å². The molecule has 0 radical (unpaired) electrons. The second-order valence-electron chi connectivity index (χ2n) is 4.90. The Labute approximate surface area is 128 Å². The summed E-state index contributed by atoms with van der Waals surface area (Å²) in [5.41, 5.74) is 1.81. The van der Waals surface area contributed by atoms with E-state index in [9.17, 15) is 13.2 Å². The fraction of sp³-hybridized carbons (Fsp3) is 0.357. The number of aryl methyl sites for hydroxylation is 1. The van der Waals surface area contributed by atoms with E-state index in [0.29, 0.717) is 5.82 Å². The first-order valence-electron chi connectivity index (χ1n) is 6.70. The molecule has 8 heteroatoms. The second kappa shape index (κ2) is 6.69. The molecular formula is C14H17N3O4S. The maximum absolute atomic E-state index is 11.9. The summed E-state index contributed by atoms with van der Waals surface area (Å²) in [4.78, 5) is 15.2. The molecule has 0 spiro atoms. The van der Waals surface area contributed by atoms with Crippen LogP contribution in [-0.4, -0.2) is 37.3 Å². The number of benzene rings is 1. The smallest absolute Gasteiger partial charge is 0.242 e. The molecule has 0 saturated heterocycles. The van der Waals surface area contributed by atoms with Gasteiger partial charge >= 0.3 is 0 Å². The molecular weight excluding hydrogens is 306 g/mol. The SMILES string of the molecule is CNC(=O)CCS(=O)(=O)Cc1nc(-c2cccc(C)c2)no1. The second-order valence-corrected chi connectivity index (χ2v) is 7.08. The van der Waals surface area contributed by atoms with Crippen LogP contribution in [0.15, 0.2) is 28.8 Å². The Kier molecular flexibility index (Phi) is 4.92. The topological polar surface area (TPSA) is 102 Å². The van der Waals surface area contributed by atoms with Crippen LogP contribution in [0, 0.1) is 6.92 Å². The van der Waals surface area contributed by atoms with E-state index in [1.807, 2.05) is 31.2 Å². The molecule has 0 fully saturated rings. The van der Waals surface area contributed by atoms with E-state index in [0.717, 1.165) is 11.1 Å². The fourth-order valence-corrected chi connectivity index (χ4v) is 2.98. The van der Waals surface area contributed by atoms with Gasteiger partial charge in [-0.15, -0.1) is 0 Å². The highest BCUT2D eigenvalue weighted by Crippen LogP contribution is 2.18. The van der Waals surface area contributed by atoms with Gasteiger partial charge in [-0.2, -0.15) is 4.98 Å². The van der Waals surface area contributed by atoms with Crippen LogP contribution in [0.3, 0.4) is 0 Å². The van der Waals surface area contributed by atoms with E-state index < -0.39 is 9.84 Å². The summed E-state index contributed by atoms with van der Waals surface area (Å²) in [5.74, 6) is -0.583. The number of amides is 1. The van der Waals surface area contributed by atoms with Gasteiger partial charge in [-0.05, 0) is 13.0 Å². The van der Waals surface area contributed by atoms with E-state index in [4.69, 9.17) is 4.52 Å². The molecule has 0 atom stereocenters. The van der Waals surface area contributed by atoms with Crippen LogP contribution in [0.2, 0.25) is 0 Å². The average Bonchev–Trinajstić information content (AvgIpc) is 2.92. The van der Waals surface area contributed by atoms with E-state index in [-0.39, 0.29) is 29.7 Å². The Morgan fingerprint density at radius 1 is 1.36 bits per heavy atom. The largest absolute Gasteiger partial charge is 0.359 e. The first kappa shape index (κ1) is 16.2. The number of nitrogens with one attached hydrogen (secondary N) is 1. The summed E-state index contributed by atoms with van der Waals surface area (Å²) in [5, 5.41) is 6.17. The first-order chi connectivity index (χ1) is 10.4. The van der Waals surface area contributed by atoms with Crippen molar-refractivity contribution in [3.05, 3.63) is 35.7 Å². The molecule has 0 saturated carbocycles. The van der Waals surface area contributed by atoms with Gasteiger partial charge < -0.3 is 9.84 Å². The zero-order valence-corrected chi connectivity index (χ0v) is 13.2. The lowest BCUT2D eigenvalue weighted by molar-refractivity contribution is -0.120. The average molecular weight is 323 g/mol. The third-order valence-electron chi connectivity index (χ3n) is 3.01. The minimum Gasteiger partial charge on any atom is -0.359 e. The van der Waals surface area contributed by atoms with Gasteiger partial charge in [-0.1, -0.05) is 28.9 Å². The van der Waals surface area contributed by atoms with Crippen molar-refractivity contribution >= 4 is 15.7 Å². The summed E-state index contributed by atoms with van der Waals surface area (Å²) in [7, 11) is -2.01. The maximum atomic E-state index is 11.9. The Morgan fingerprint density at radius 2 is 2.14 bits per heavy atom. The maximum Gasteiger partial charge on any atom is 0.242 e. The van der Waals surface area contributed by atoms with Crippen molar-refractivity contribution < 1.29 is 17.7 Å². The Morgan fingerprint density at radius 3 is 2.82 bits per heavy atom. The highest BCUT2D eigenvalue weighted by atomic mass is 32.2. The number of rotatable bonds is 6. The molecule has 1 heterocycles. The van der Waals surface area contributed by atoms with Crippen molar-refractivity contribution in [3.8, 4) is 11.4 Å². The van der Waals surface area contributed by atoms with Crippen LogP contribution in [-0.2, 0) is 20.4 Å². The van der Waals surface area contributed by atoms with E-state index >= 15 is 0 Å². The van der Waals surface area contributed by atoms with Gasteiger partial charge in [-0.25, -0.2) is 8.42 Å². The highest BCUT2D eigenvalue weighted by Gasteiger charge is 2.19.